The Hall–Kier alpha value is -1.47. The third-order valence-electron chi connectivity index (χ3n) is 1.53. The standard InChI is InChI=1S/C9H8N2OS/c10-5-7-1-3-8(4-2-7)6-11-9(12)13/h1-4H,6H2,(H2,11,12,13). The second-order valence-corrected chi connectivity index (χ2v) is 2.87. The molecule has 0 aromatic heterocycles. The molecule has 0 heterocycles. The molecule has 1 aromatic carbocycles. The van der Waals surface area contributed by atoms with E-state index < -0.39 is 0 Å². The van der Waals surface area contributed by atoms with Gasteiger partial charge in [0.1, 0.15) is 0 Å². The van der Waals surface area contributed by atoms with Crippen molar-refractivity contribution < 1.29 is 4.79 Å². The Morgan fingerprint density at radius 1 is 1.46 bits per heavy atom. The average molecular weight is 192 g/mol. The van der Waals surface area contributed by atoms with E-state index in [2.05, 4.69) is 17.9 Å². The van der Waals surface area contributed by atoms with Crippen molar-refractivity contribution in [1.29, 1.82) is 5.26 Å². The minimum absolute atomic E-state index is 0.357. The minimum Gasteiger partial charge on any atom is -0.343 e. The lowest BCUT2D eigenvalue weighted by molar-refractivity contribution is 0.260. The molecule has 0 saturated heterocycles. The SMILES string of the molecule is N#Cc1ccc(CNC(=O)S)cc1. The van der Waals surface area contributed by atoms with E-state index in [-0.39, 0.29) is 5.24 Å². The van der Waals surface area contributed by atoms with Gasteiger partial charge in [-0.1, -0.05) is 24.8 Å². The number of thiol groups is 1. The van der Waals surface area contributed by atoms with Gasteiger partial charge in [-0.3, -0.25) is 4.79 Å². The van der Waals surface area contributed by atoms with Crippen LogP contribution in [0.3, 0.4) is 0 Å². The molecule has 0 spiro atoms. The molecule has 0 saturated carbocycles. The second-order valence-electron chi connectivity index (χ2n) is 2.47. The summed E-state index contributed by atoms with van der Waals surface area (Å²) in [6.45, 7) is 0.439. The third kappa shape index (κ3) is 3.18. The van der Waals surface area contributed by atoms with Crippen LogP contribution in [0.1, 0.15) is 11.1 Å². The highest BCUT2D eigenvalue weighted by Crippen LogP contribution is 2.02. The van der Waals surface area contributed by atoms with Crippen LogP contribution in [0.15, 0.2) is 24.3 Å². The van der Waals surface area contributed by atoms with E-state index in [9.17, 15) is 4.79 Å². The first-order valence-electron chi connectivity index (χ1n) is 3.68. The minimum atomic E-state index is -0.357. The highest BCUT2D eigenvalue weighted by atomic mass is 32.1. The van der Waals surface area contributed by atoms with E-state index in [1.165, 1.54) is 0 Å². The Morgan fingerprint density at radius 3 is 2.54 bits per heavy atom. The number of nitriles is 1. The zero-order chi connectivity index (χ0) is 9.68. The topological polar surface area (TPSA) is 52.9 Å². The third-order valence-corrected chi connectivity index (χ3v) is 1.68. The summed E-state index contributed by atoms with van der Waals surface area (Å²) >= 11 is 3.56. The first kappa shape index (κ1) is 9.62. The molecule has 0 aliphatic heterocycles. The largest absolute Gasteiger partial charge is 0.343 e. The van der Waals surface area contributed by atoms with Crippen molar-refractivity contribution in [3.05, 3.63) is 35.4 Å². The molecule has 3 nitrogen and oxygen atoms in total. The molecule has 1 rings (SSSR count). The fourth-order valence-electron chi connectivity index (χ4n) is 0.875. The summed E-state index contributed by atoms with van der Waals surface area (Å²) in [5.41, 5.74) is 1.56. The maximum atomic E-state index is 10.4. The lowest BCUT2D eigenvalue weighted by atomic mass is 10.1. The van der Waals surface area contributed by atoms with E-state index in [1.807, 2.05) is 6.07 Å². The molecule has 0 radical (unpaired) electrons. The van der Waals surface area contributed by atoms with Crippen molar-refractivity contribution in [2.24, 2.45) is 0 Å². The number of hydrogen-bond donors (Lipinski definition) is 2. The second kappa shape index (κ2) is 4.53. The Kier molecular flexibility index (Phi) is 3.35. The molecule has 1 aromatic rings. The predicted octanol–water partition coefficient (Wildman–Crippen LogP) is 1.70. The molecule has 66 valence electrons. The summed E-state index contributed by atoms with van der Waals surface area (Å²) in [6, 6.07) is 9.02. The maximum absolute atomic E-state index is 10.4. The van der Waals surface area contributed by atoms with Crippen LogP contribution >= 0.6 is 12.6 Å². The molecule has 0 bridgehead atoms. The van der Waals surface area contributed by atoms with Gasteiger partial charge in [0.15, 0.2) is 0 Å². The van der Waals surface area contributed by atoms with Crippen LogP contribution in [0.25, 0.3) is 0 Å². The first-order chi connectivity index (χ1) is 6.22. The lowest BCUT2D eigenvalue weighted by Gasteiger charge is -2.00. The number of amides is 1. The van der Waals surface area contributed by atoms with Gasteiger partial charge < -0.3 is 5.32 Å². The van der Waals surface area contributed by atoms with Gasteiger partial charge >= 0.3 is 0 Å². The van der Waals surface area contributed by atoms with Crippen LogP contribution in [0.4, 0.5) is 4.79 Å². The monoisotopic (exact) mass is 192 g/mol. The molecule has 0 aliphatic rings. The van der Waals surface area contributed by atoms with Gasteiger partial charge in [0.2, 0.25) is 0 Å². The Labute approximate surface area is 81.8 Å². The molecular weight excluding hydrogens is 184 g/mol. The summed E-state index contributed by atoms with van der Waals surface area (Å²) in [4.78, 5) is 10.4. The molecule has 13 heavy (non-hydrogen) atoms. The van der Waals surface area contributed by atoms with Gasteiger partial charge in [-0.15, -0.1) is 0 Å². The van der Waals surface area contributed by atoms with Crippen LogP contribution < -0.4 is 5.32 Å². The van der Waals surface area contributed by atoms with Crippen molar-refractivity contribution >= 4 is 17.9 Å². The van der Waals surface area contributed by atoms with Gasteiger partial charge in [0.05, 0.1) is 11.6 Å². The van der Waals surface area contributed by atoms with Crippen LogP contribution in [0.2, 0.25) is 0 Å². The molecule has 0 aliphatic carbocycles. The van der Waals surface area contributed by atoms with E-state index in [1.54, 1.807) is 24.3 Å². The first-order valence-corrected chi connectivity index (χ1v) is 4.13. The molecule has 0 unspecified atom stereocenters. The quantitative estimate of drug-likeness (QED) is 0.701. The van der Waals surface area contributed by atoms with Crippen LogP contribution in [-0.4, -0.2) is 5.24 Å². The zero-order valence-electron chi connectivity index (χ0n) is 6.82. The molecule has 1 amide bonds. The van der Waals surface area contributed by atoms with Crippen molar-refractivity contribution in [2.45, 2.75) is 6.54 Å². The molecular formula is C9H8N2OS. The number of benzene rings is 1. The lowest BCUT2D eigenvalue weighted by Crippen LogP contribution is -2.15. The number of nitrogens with one attached hydrogen (secondary N) is 1. The summed E-state index contributed by atoms with van der Waals surface area (Å²) in [6.07, 6.45) is 0. The maximum Gasteiger partial charge on any atom is 0.276 e. The number of hydrogen-bond acceptors (Lipinski definition) is 2. The van der Waals surface area contributed by atoms with E-state index >= 15 is 0 Å². The van der Waals surface area contributed by atoms with Crippen molar-refractivity contribution in [3.8, 4) is 6.07 Å². The normalized spacial score (nSPS) is 8.92. The van der Waals surface area contributed by atoms with Gasteiger partial charge in [-0.05, 0) is 17.7 Å². The summed E-state index contributed by atoms with van der Waals surface area (Å²) < 4.78 is 0. The molecule has 0 fully saturated rings. The van der Waals surface area contributed by atoms with Crippen LogP contribution in [-0.2, 0) is 6.54 Å². The summed E-state index contributed by atoms with van der Waals surface area (Å²) in [5.74, 6) is 0. The van der Waals surface area contributed by atoms with Gasteiger partial charge in [-0.25, -0.2) is 0 Å². The number of nitrogens with zero attached hydrogens (tertiary/aromatic N) is 1. The highest BCUT2D eigenvalue weighted by Gasteiger charge is 1.95. The number of rotatable bonds is 2. The summed E-state index contributed by atoms with van der Waals surface area (Å²) in [7, 11) is 0. The van der Waals surface area contributed by atoms with Crippen molar-refractivity contribution in [3.63, 3.8) is 0 Å². The van der Waals surface area contributed by atoms with Crippen molar-refractivity contribution in [2.75, 3.05) is 0 Å². The Bertz CT molecular complexity index is 340. The molecule has 4 heteroatoms. The smallest absolute Gasteiger partial charge is 0.276 e. The summed E-state index contributed by atoms with van der Waals surface area (Å²) in [5, 5.41) is 10.7. The fraction of sp³-hybridized carbons (Fsp3) is 0.111. The fourth-order valence-corrected chi connectivity index (χ4v) is 0.954. The average Bonchev–Trinajstić information content (AvgIpc) is 2.15. The molecule has 1 N–H and O–H groups in total. The van der Waals surface area contributed by atoms with Crippen molar-refractivity contribution in [1.82, 2.24) is 5.32 Å². The Balaban J connectivity index is 2.60. The van der Waals surface area contributed by atoms with Gasteiger partial charge in [-0.2, -0.15) is 5.26 Å². The van der Waals surface area contributed by atoms with E-state index in [0.717, 1.165) is 5.56 Å². The predicted molar refractivity (Wildman–Crippen MR) is 52.4 cm³/mol. The van der Waals surface area contributed by atoms with Crippen LogP contribution in [0.5, 0.6) is 0 Å². The number of carbonyl (C=O) groups is 1. The molecule has 0 atom stereocenters. The van der Waals surface area contributed by atoms with Crippen LogP contribution in [0, 0.1) is 11.3 Å². The zero-order valence-corrected chi connectivity index (χ0v) is 7.71. The van der Waals surface area contributed by atoms with Gasteiger partial charge in [0, 0.05) is 6.54 Å². The van der Waals surface area contributed by atoms with Gasteiger partial charge in [0.25, 0.3) is 5.24 Å². The Morgan fingerprint density at radius 2 is 2.08 bits per heavy atom. The highest BCUT2D eigenvalue weighted by molar-refractivity contribution is 7.96. The van der Waals surface area contributed by atoms with E-state index in [4.69, 9.17) is 5.26 Å². The number of carbonyl (C=O) groups excluding carboxylic acids is 1. The van der Waals surface area contributed by atoms with E-state index in [0.29, 0.717) is 12.1 Å².